The van der Waals surface area contributed by atoms with Crippen LogP contribution in [0.5, 0.6) is 0 Å². The van der Waals surface area contributed by atoms with E-state index in [2.05, 4.69) is 36.3 Å². The summed E-state index contributed by atoms with van der Waals surface area (Å²) >= 11 is 0. The van der Waals surface area contributed by atoms with Gasteiger partial charge in [0.1, 0.15) is 0 Å². The summed E-state index contributed by atoms with van der Waals surface area (Å²) in [6, 6.07) is 0.639. The average Bonchev–Trinajstić information content (AvgIpc) is 2.58. The number of nitrogens with zero attached hydrogens (tertiary/aromatic N) is 1. The summed E-state index contributed by atoms with van der Waals surface area (Å²) in [6.07, 6.45) is 5.43. The van der Waals surface area contributed by atoms with Crippen LogP contribution in [0.2, 0.25) is 0 Å². The Morgan fingerprint density at radius 3 is 2.93 bits per heavy atom. The zero-order valence-corrected chi connectivity index (χ0v) is 9.43. The van der Waals surface area contributed by atoms with Crippen LogP contribution in [0.25, 0.3) is 0 Å². The minimum atomic E-state index is 0.639. The highest BCUT2D eigenvalue weighted by Crippen LogP contribution is 2.05. The highest BCUT2D eigenvalue weighted by atomic mass is 15.1. The molecule has 1 aromatic heterocycles. The van der Waals surface area contributed by atoms with Crippen molar-refractivity contribution in [2.75, 3.05) is 6.54 Å². The lowest BCUT2D eigenvalue weighted by molar-refractivity contribution is 0.524. The van der Waals surface area contributed by atoms with Gasteiger partial charge in [-0.3, -0.25) is 5.10 Å². The van der Waals surface area contributed by atoms with Gasteiger partial charge in [-0.05, 0) is 45.2 Å². The van der Waals surface area contributed by atoms with E-state index in [0.717, 1.165) is 13.0 Å². The van der Waals surface area contributed by atoms with E-state index < -0.39 is 0 Å². The number of hydrogen-bond donors (Lipinski definition) is 2. The van der Waals surface area contributed by atoms with Crippen molar-refractivity contribution in [1.29, 1.82) is 0 Å². The summed E-state index contributed by atoms with van der Waals surface area (Å²) in [6.45, 7) is 7.60. The van der Waals surface area contributed by atoms with Gasteiger partial charge in [-0.25, -0.2) is 0 Å². The second-order valence-corrected chi connectivity index (χ2v) is 3.89. The van der Waals surface area contributed by atoms with Crippen LogP contribution in [0.1, 0.15) is 37.9 Å². The molecule has 0 aliphatic carbocycles. The number of aryl methyl sites for hydroxylation is 2. The molecule has 14 heavy (non-hydrogen) atoms. The number of H-pyrrole nitrogens is 1. The molecule has 0 unspecified atom stereocenters. The molecule has 0 bridgehead atoms. The molecule has 0 aromatic carbocycles. The van der Waals surface area contributed by atoms with E-state index in [1.165, 1.54) is 24.1 Å². The summed E-state index contributed by atoms with van der Waals surface area (Å²) in [5, 5.41) is 10.4. The molecule has 80 valence electrons. The third kappa shape index (κ3) is 3.50. The van der Waals surface area contributed by atoms with E-state index in [0.29, 0.717) is 6.04 Å². The van der Waals surface area contributed by atoms with Crippen LogP contribution in [0, 0.1) is 6.92 Å². The monoisotopic (exact) mass is 195 g/mol. The van der Waals surface area contributed by atoms with Gasteiger partial charge >= 0.3 is 0 Å². The van der Waals surface area contributed by atoms with Crippen LogP contribution in [-0.2, 0) is 6.42 Å². The first-order chi connectivity index (χ1) is 6.74. The van der Waals surface area contributed by atoms with E-state index in [1.807, 2.05) is 6.20 Å². The summed E-state index contributed by atoms with van der Waals surface area (Å²) in [5.41, 5.74) is 2.55. The summed E-state index contributed by atoms with van der Waals surface area (Å²) in [5.74, 6) is 0. The van der Waals surface area contributed by atoms with Crippen molar-refractivity contribution in [2.45, 2.75) is 46.1 Å². The van der Waals surface area contributed by atoms with Crippen LogP contribution < -0.4 is 5.32 Å². The maximum atomic E-state index is 4.01. The maximum Gasteiger partial charge on any atom is 0.0522 e. The van der Waals surface area contributed by atoms with Gasteiger partial charge in [0, 0.05) is 11.7 Å². The molecule has 1 rings (SSSR count). The zero-order valence-electron chi connectivity index (χ0n) is 9.43. The minimum absolute atomic E-state index is 0.639. The van der Waals surface area contributed by atoms with Crippen LogP contribution in [0.3, 0.4) is 0 Å². The van der Waals surface area contributed by atoms with Crippen molar-refractivity contribution in [3.8, 4) is 0 Å². The van der Waals surface area contributed by atoms with Gasteiger partial charge < -0.3 is 5.32 Å². The van der Waals surface area contributed by atoms with Gasteiger partial charge in [-0.2, -0.15) is 5.10 Å². The fourth-order valence-electron chi connectivity index (χ4n) is 1.40. The Kier molecular flexibility index (Phi) is 4.66. The molecule has 0 fully saturated rings. The van der Waals surface area contributed by atoms with Crippen LogP contribution in [0.15, 0.2) is 6.20 Å². The lowest BCUT2D eigenvalue weighted by Crippen LogP contribution is -2.26. The number of rotatable bonds is 6. The molecule has 0 saturated carbocycles. The van der Waals surface area contributed by atoms with Crippen molar-refractivity contribution in [3.63, 3.8) is 0 Å². The van der Waals surface area contributed by atoms with Crippen LogP contribution >= 0.6 is 0 Å². The van der Waals surface area contributed by atoms with Crippen molar-refractivity contribution >= 4 is 0 Å². The molecular weight excluding hydrogens is 174 g/mol. The largest absolute Gasteiger partial charge is 0.314 e. The van der Waals surface area contributed by atoms with Crippen molar-refractivity contribution < 1.29 is 0 Å². The molecule has 3 heteroatoms. The quantitative estimate of drug-likeness (QED) is 0.682. The summed E-state index contributed by atoms with van der Waals surface area (Å²) < 4.78 is 0. The van der Waals surface area contributed by atoms with Gasteiger partial charge in [0.15, 0.2) is 0 Å². The molecule has 3 nitrogen and oxygen atoms in total. The van der Waals surface area contributed by atoms with Gasteiger partial charge in [-0.1, -0.05) is 6.92 Å². The zero-order chi connectivity index (χ0) is 10.4. The molecular formula is C11H21N3. The summed E-state index contributed by atoms with van der Waals surface area (Å²) in [4.78, 5) is 0. The number of aromatic amines is 1. The smallest absolute Gasteiger partial charge is 0.0522 e. The van der Waals surface area contributed by atoms with Gasteiger partial charge in [0.05, 0.1) is 6.20 Å². The van der Waals surface area contributed by atoms with Crippen molar-refractivity contribution in [1.82, 2.24) is 15.5 Å². The topological polar surface area (TPSA) is 40.7 Å². The molecule has 0 aliphatic heterocycles. The first-order valence-electron chi connectivity index (χ1n) is 5.46. The molecule has 0 aliphatic rings. The second-order valence-electron chi connectivity index (χ2n) is 3.89. The predicted octanol–water partition coefficient (Wildman–Crippen LogP) is 2.04. The minimum Gasteiger partial charge on any atom is -0.314 e. The Bertz CT molecular complexity index is 255. The maximum absolute atomic E-state index is 4.01. The summed E-state index contributed by atoms with van der Waals surface area (Å²) in [7, 11) is 0. The van der Waals surface area contributed by atoms with Crippen LogP contribution in [0.4, 0.5) is 0 Å². The molecule has 0 spiro atoms. The van der Waals surface area contributed by atoms with E-state index in [4.69, 9.17) is 0 Å². The first kappa shape index (κ1) is 11.2. The van der Waals surface area contributed by atoms with E-state index in [1.54, 1.807) is 0 Å². The predicted molar refractivity (Wildman–Crippen MR) is 59.4 cm³/mol. The van der Waals surface area contributed by atoms with E-state index >= 15 is 0 Å². The molecule has 1 aromatic rings. The number of nitrogens with one attached hydrogen (secondary N) is 2. The third-order valence-electron chi connectivity index (χ3n) is 2.66. The van der Waals surface area contributed by atoms with Crippen molar-refractivity contribution in [2.24, 2.45) is 0 Å². The van der Waals surface area contributed by atoms with E-state index in [-0.39, 0.29) is 0 Å². The SMILES string of the molecule is CC[C@H](C)NCCCc1cn[nH]c1C. The Hall–Kier alpha value is -0.830. The molecule has 0 radical (unpaired) electrons. The lowest BCUT2D eigenvalue weighted by Gasteiger charge is -2.10. The molecule has 0 amide bonds. The molecule has 1 heterocycles. The van der Waals surface area contributed by atoms with Crippen LogP contribution in [-0.4, -0.2) is 22.8 Å². The Balaban J connectivity index is 2.13. The Labute approximate surface area is 86.3 Å². The van der Waals surface area contributed by atoms with Gasteiger partial charge in [-0.15, -0.1) is 0 Å². The highest BCUT2D eigenvalue weighted by Gasteiger charge is 2.00. The standard InChI is InChI=1S/C11H21N3/c1-4-9(2)12-7-5-6-11-8-13-14-10(11)3/h8-9,12H,4-7H2,1-3H3,(H,13,14)/t9-/m0/s1. The molecule has 0 saturated heterocycles. The highest BCUT2D eigenvalue weighted by molar-refractivity contribution is 5.14. The van der Waals surface area contributed by atoms with Gasteiger partial charge in [0.2, 0.25) is 0 Å². The third-order valence-corrected chi connectivity index (χ3v) is 2.66. The number of aromatic nitrogens is 2. The molecule has 1 atom stereocenters. The fourth-order valence-corrected chi connectivity index (χ4v) is 1.40. The van der Waals surface area contributed by atoms with Crippen molar-refractivity contribution in [3.05, 3.63) is 17.5 Å². The lowest BCUT2D eigenvalue weighted by atomic mass is 10.1. The first-order valence-corrected chi connectivity index (χ1v) is 5.46. The van der Waals surface area contributed by atoms with Gasteiger partial charge in [0.25, 0.3) is 0 Å². The number of hydrogen-bond acceptors (Lipinski definition) is 2. The second kappa shape index (κ2) is 5.81. The molecule has 2 N–H and O–H groups in total. The Morgan fingerprint density at radius 1 is 1.57 bits per heavy atom. The normalized spacial score (nSPS) is 13.1. The average molecular weight is 195 g/mol. The fraction of sp³-hybridized carbons (Fsp3) is 0.727. The van der Waals surface area contributed by atoms with E-state index in [9.17, 15) is 0 Å². The Morgan fingerprint density at radius 2 is 2.36 bits per heavy atom.